The number of hydrogen-bond acceptors (Lipinski definition) is 6. The topological polar surface area (TPSA) is 74.5 Å². The normalized spacial score (nSPS) is 10.2. The SMILES string of the molecule is CCOC(=O)c1ccc(OCc2nonc2C)cc1. The minimum absolute atomic E-state index is 0.272. The molecule has 0 radical (unpaired) electrons. The maximum absolute atomic E-state index is 11.5. The van der Waals surface area contributed by atoms with Crippen LogP contribution in [-0.2, 0) is 11.3 Å². The Morgan fingerprint density at radius 3 is 2.58 bits per heavy atom. The first-order valence-electron chi connectivity index (χ1n) is 5.88. The maximum atomic E-state index is 11.5. The molecular weight excluding hydrogens is 248 g/mol. The monoisotopic (exact) mass is 262 g/mol. The van der Waals surface area contributed by atoms with Crippen molar-refractivity contribution in [2.75, 3.05) is 6.61 Å². The summed E-state index contributed by atoms with van der Waals surface area (Å²) >= 11 is 0. The molecule has 2 rings (SSSR count). The second-order valence-corrected chi connectivity index (χ2v) is 3.83. The number of aryl methyl sites for hydroxylation is 1. The van der Waals surface area contributed by atoms with Crippen molar-refractivity contribution >= 4 is 5.97 Å². The van der Waals surface area contributed by atoms with Crippen LogP contribution in [0.1, 0.15) is 28.7 Å². The van der Waals surface area contributed by atoms with Crippen molar-refractivity contribution in [2.45, 2.75) is 20.5 Å². The van der Waals surface area contributed by atoms with E-state index in [1.807, 2.05) is 0 Å². The highest BCUT2D eigenvalue weighted by molar-refractivity contribution is 5.89. The molecule has 6 heteroatoms. The Hall–Kier alpha value is -2.37. The van der Waals surface area contributed by atoms with Crippen LogP contribution in [0.5, 0.6) is 5.75 Å². The fourth-order valence-corrected chi connectivity index (χ4v) is 1.43. The van der Waals surface area contributed by atoms with Crippen LogP contribution in [0, 0.1) is 6.92 Å². The van der Waals surface area contributed by atoms with Crippen LogP contribution in [0.4, 0.5) is 0 Å². The third kappa shape index (κ3) is 3.31. The largest absolute Gasteiger partial charge is 0.487 e. The van der Waals surface area contributed by atoms with Gasteiger partial charge in [0.15, 0.2) is 0 Å². The highest BCUT2D eigenvalue weighted by Crippen LogP contribution is 2.15. The molecule has 6 nitrogen and oxygen atoms in total. The number of carbonyl (C=O) groups is 1. The van der Waals surface area contributed by atoms with Crippen molar-refractivity contribution in [3.05, 3.63) is 41.2 Å². The zero-order valence-electron chi connectivity index (χ0n) is 10.8. The van der Waals surface area contributed by atoms with E-state index >= 15 is 0 Å². The van der Waals surface area contributed by atoms with E-state index in [4.69, 9.17) is 9.47 Å². The smallest absolute Gasteiger partial charge is 0.338 e. The molecule has 0 aliphatic heterocycles. The summed E-state index contributed by atoms with van der Waals surface area (Å²) in [6.45, 7) is 4.19. The van der Waals surface area contributed by atoms with E-state index in [1.165, 1.54) is 0 Å². The zero-order valence-corrected chi connectivity index (χ0v) is 10.8. The van der Waals surface area contributed by atoms with E-state index in [9.17, 15) is 4.79 Å². The molecule has 0 N–H and O–H groups in total. The highest BCUT2D eigenvalue weighted by Gasteiger charge is 2.08. The highest BCUT2D eigenvalue weighted by atomic mass is 16.6. The number of carbonyl (C=O) groups excluding carboxylic acids is 1. The van der Waals surface area contributed by atoms with E-state index in [2.05, 4.69) is 14.9 Å². The van der Waals surface area contributed by atoms with Gasteiger partial charge in [-0.25, -0.2) is 9.42 Å². The van der Waals surface area contributed by atoms with Gasteiger partial charge in [-0.3, -0.25) is 0 Å². The van der Waals surface area contributed by atoms with E-state index in [0.29, 0.717) is 29.3 Å². The fourth-order valence-electron chi connectivity index (χ4n) is 1.43. The number of nitrogens with zero attached hydrogens (tertiary/aromatic N) is 2. The Bertz CT molecular complexity index is 548. The van der Waals surface area contributed by atoms with Gasteiger partial charge in [0.25, 0.3) is 0 Å². The second kappa shape index (κ2) is 5.99. The standard InChI is InChI=1S/C13H14N2O4/c1-3-17-13(16)10-4-6-11(7-5-10)18-8-12-9(2)14-19-15-12/h4-7H,3,8H2,1-2H3. The number of benzene rings is 1. The summed E-state index contributed by atoms with van der Waals surface area (Å²) in [5, 5.41) is 7.38. The quantitative estimate of drug-likeness (QED) is 0.768. The molecule has 0 bridgehead atoms. The van der Waals surface area contributed by atoms with Crippen molar-refractivity contribution in [1.29, 1.82) is 0 Å². The Morgan fingerprint density at radius 2 is 2.00 bits per heavy atom. The van der Waals surface area contributed by atoms with Gasteiger partial charge in [0.1, 0.15) is 23.7 Å². The number of ether oxygens (including phenoxy) is 2. The molecule has 1 aromatic heterocycles. The first-order chi connectivity index (χ1) is 9.20. The zero-order chi connectivity index (χ0) is 13.7. The molecule has 0 fully saturated rings. The van der Waals surface area contributed by atoms with E-state index in [-0.39, 0.29) is 12.6 Å². The molecule has 1 aromatic carbocycles. The summed E-state index contributed by atoms with van der Waals surface area (Å²) in [6.07, 6.45) is 0. The number of hydrogen-bond donors (Lipinski definition) is 0. The molecule has 100 valence electrons. The average molecular weight is 262 g/mol. The minimum Gasteiger partial charge on any atom is -0.487 e. The van der Waals surface area contributed by atoms with Gasteiger partial charge >= 0.3 is 5.97 Å². The Labute approximate surface area is 110 Å². The van der Waals surface area contributed by atoms with Gasteiger partial charge in [-0.05, 0) is 38.1 Å². The van der Waals surface area contributed by atoms with Crippen molar-refractivity contribution in [2.24, 2.45) is 0 Å². The third-order valence-corrected chi connectivity index (χ3v) is 2.49. The lowest BCUT2D eigenvalue weighted by atomic mass is 10.2. The van der Waals surface area contributed by atoms with Crippen molar-refractivity contribution in [3.63, 3.8) is 0 Å². The van der Waals surface area contributed by atoms with Crippen molar-refractivity contribution in [3.8, 4) is 5.75 Å². The number of esters is 1. The van der Waals surface area contributed by atoms with Gasteiger partial charge in [0.05, 0.1) is 12.2 Å². The molecule has 2 aromatic rings. The molecular formula is C13H14N2O4. The molecule has 0 aliphatic carbocycles. The summed E-state index contributed by atoms with van der Waals surface area (Å²) in [5.74, 6) is 0.293. The van der Waals surface area contributed by atoms with Crippen LogP contribution in [0.3, 0.4) is 0 Å². The number of rotatable bonds is 5. The average Bonchev–Trinajstić information content (AvgIpc) is 2.83. The molecule has 0 saturated carbocycles. The molecule has 0 aliphatic rings. The van der Waals surface area contributed by atoms with Gasteiger partial charge < -0.3 is 9.47 Å². The summed E-state index contributed by atoms with van der Waals surface area (Å²) < 4.78 is 15.0. The molecule has 0 unspecified atom stereocenters. The molecule has 0 atom stereocenters. The van der Waals surface area contributed by atoms with Gasteiger partial charge in [-0.1, -0.05) is 10.3 Å². The van der Waals surface area contributed by atoms with Gasteiger partial charge in [0, 0.05) is 0 Å². The van der Waals surface area contributed by atoms with E-state index in [1.54, 1.807) is 38.1 Å². The van der Waals surface area contributed by atoms with Gasteiger partial charge in [-0.15, -0.1) is 0 Å². The minimum atomic E-state index is -0.342. The van der Waals surface area contributed by atoms with E-state index in [0.717, 1.165) is 0 Å². The lowest BCUT2D eigenvalue weighted by Crippen LogP contribution is -2.04. The summed E-state index contributed by atoms with van der Waals surface area (Å²) in [4.78, 5) is 11.5. The van der Waals surface area contributed by atoms with Crippen molar-refractivity contribution < 1.29 is 18.9 Å². The van der Waals surface area contributed by atoms with Crippen LogP contribution in [-0.4, -0.2) is 22.9 Å². The predicted molar refractivity (Wildman–Crippen MR) is 65.8 cm³/mol. The lowest BCUT2D eigenvalue weighted by Gasteiger charge is -2.05. The van der Waals surface area contributed by atoms with Gasteiger partial charge in [-0.2, -0.15) is 0 Å². The van der Waals surface area contributed by atoms with Crippen LogP contribution >= 0.6 is 0 Å². The van der Waals surface area contributed by atoms with Crippen LogP contribution in [0.15, 0.2) is 28.9 Å². The van der Waals surface area contributed by atoms with Crippen LogP contribution < -0.4 is 4.74 Å². The predicted octanol–water partition coefficient (Wildman–Crippen LogP) is 2.13. The summed E-state index contributed by atoms with van der Waals surface area (Å²) in [6, 6.07) is 6.71. The maximum Gasteiger partial charge on any atom is 0.338 e. The molecule has 0 amide bonds. The van der Waals surface area contributed by atoms with Gasteiger partial charge in [0.2, 0.25) is 0 Å². The Kier molecular flexibility index (Phi) is 4.12. The number of aromatic nitrogens is 2. The molecule has 0 spiro atoms. The molecule has 0 saturated heterocycles. The Balaban J connectivity index is 1.95. The van der Waals surface area contributed by atoms with Crippen molar-refractivity contribution in [1.82, 2.24) is 10.3 Å². The third-order valence-electron chi connectivity index (χ3n) is 2.49. The lowest BCUT2D eigenvalue weighted by molar-refractivity contribution is 0.0526. The first-order valence-corrected chi connectivity index (χ1v) is 5.88. The molecule has 1 heterocycles. The van der Waals surface area contributed by atoms with Crippen LogP contribution in [0.25, 0.3) is 0 Å². The second-order valence-electron chi connectivity index (χ2n) is 3.83. The van der Waals surface area contributed by atoms with E-state index < -0.39 is 0 Å². The summed E-state index contributed by atoms with van der Waals surface area (Å²) in [7, 11) is 0. The van der Waals surface area contributed by atoms with Crippen LogP contribution in [0.2, 0.25) is 0 Å². The molecule has 19 heavy (non-hydrogen) atoms. The first kappa shape index (κ1) is 13.1. The Morgan fingerprint density at radius 1 is 1.26 bits per heavy atom. The fraction of sp³-hybridized carbons (Fsp3) is 0.308. The summed E-state index contributed by atoms with van der Waals surface area (Å²) in [5.41, 5.74) is 1.84.